The highest BCUT2D eigenvalue weighted by atomic mass is 32.2. The number of sulfone groups is 1. The first-order chi connectivity index (χ1) is 14.9. The van der Waals surface area contributed by atoms with Crippen LogP contribution < -0.4 is 10.1 Å². The summed E-state index contributed by atoms with van der Waals surface area (Å²) >= 11 is 0. The van der Waals surface area contributed by atoms with Gasteiger partial charge in [0.25, 0.3) is 0 Å². The first kappa shape index (κ1) is 23.3. The van der Waals surface area contributed by atoms with Crippen LogP contribution in [0, 0.1) is 5.92 Å². The lowest BCUT2D eigenvalue weighted by molar-refractivity contribution is -0.121. The fourth-order valence-corrected chi connectivity index (χ4v) is 4.49. The van der Waals surface area contributed by atoms with Crippen molar-refractivity contribution in [2.45, 2.75) is 37.1 Å². The van der Waals surface area contributed by atoms with Gasteiger partial charge in [-0.25, -0.2) is 8.42 Å². The third kappa shape index (κ3) is 7.99. The standard InChI is InChI=1S/C24H32N2O4S/c1-31(28,29)23-13-11-22(12-14-23)30-16-6-10-24(27)25-17-21-9-5-15-26(19-21)18-20-7-3-2-4-8-20/h2-4,7-8,11-14,21H,5-6,9-10,15-19H2,1H3,(H,25,27). The van der Waals surface area contributed by atoms with Crippen LogP contribution in [0.15, 0.2) is 59.5 Å². The summed E-state index contributed by atoms with van der Waals surface area (Å²) in [5.74, 6) is 1.15. The Morgan fingerprint density at radius 3 is 2.58 bits per heavy atom. The largest absolute Gasteiger partial charge is 0.494 e. The number of amides is 1. The molecule has 3 rings (SSSR count). The highest BCUT2D eigenvalue weighted by Gasteiger charge is 2.20. The molecule has 1 atom stereocenters. The summed E-state index contributed by atoms with van der Waals surface area (Å²) in [6.45, 7) is 4.23. The number of ether oxygens (including phenoxy) is 1. The van der Waals surface area contributed by atoms with Crippen LogP contribution in [0.5, 0.6) is 5.75 Å². The number of rotatable bonds is 10. The van der Waals surface area contributed by atoms with Crippen LogP contribution in [0.25, 0.3) is 0 Å². The van der Waals surface area contributed by atoms with Crippen molar-refractivity contribution < 1.29 is 17.9 Å². The highest BCUT2D eigenvalue weighted by molar-refractivity contribution is 7.90. The number of likely N-dealkylation sites (tertiary alicyclic amines) is 1. The molecule has 0 spiro atoms. The highest BCUT2D eigenvalue weighted by Crippen LogP contribution is 2.18. The molecule has 0 bridgehead atoms. The van der Waals surface area contributed by atoms with Crippen LogP contribution in [0.3, 0.4) is 0 Å². The van der Waals surface area contributed by atoms with Gasteiger partial charge in [-0.1, -0.05) is 30.3 Å². The van der Waals surface area contributed by atoms with E-state index in [0.717, 1.165) is 32.6 Å². The predicted molar refractivity (Wildman–Crippen MR) is 122 cm³/mol. The lowest BCUT2D eigenvalue weighted by atomic mass is 9.97. The number of nitrogens with one attached hydrogen (secondary N) is 1. The van der Waals surface area contributed by atoms with E-state index >= 15 is 0 Å². The average molecular weight is 445 g/mol. The van der Waals surface area contributed by atoms with E-state index in [1.54, 1.807) is 12.1 Å². The van der Waals surface area contributed by atoms with E-state index in [0.29, 0.717) is 31.1 Å². The van der Waals surface area contributed by atoms with Gasteiger partial charge in [-0.2, -0.15) is 0 Å². The van der Waals surface area contributed by atoms with Crippen molar-refractivity contribution in [1.82, 2.24) is 10.2 Å². The summed E-state index contributed by atoms with van der Waals surface area (Å²) in [5, 5.41) is 3.07. The van der Waals surface area contributed by atoms with E-state index in [2.05, 4.69) is 34.5 Å². The molecule has 1 heterocycles. The third-order valence-corrected chi connectivity index (χ3v) is 6.64. The quantitative estimate of drug-likeness (QED) is 0.569. The second-order valence-corrected chi connectivity index (χ2v) is 10.2. The lowest BCUT2D eigenvalue weighted by Gasteiger charge is -2.32. The number of piperidine rings is 1. The molecule has 2 aromatic carbocycles. The number of hydrogen-bond acceptors (Lipinski definition) is 5. The summed E-state index contributed by atoms with van der Waals surface area (Å²) in [5.41, 5.74) is 1.33. The number of hydrogen-bond donors (Lipinski definition) is 1. The third-order valence-electron chi connectivity index (χ3n) is 5.51. The number of nitrogens with zero attached hydrogens (tertiary/aromatic N) is 1. The molecule has 0 radical (unpaired) electrons. The molecule has 0 aliphatic carbocycles. The first-order valence-corrected chi connectivity index (χ1v) is 12.8. The zero-order valence-electron chi connectivity index (χ0n) is 18.1. The van der Waals surface area contributed by atoms with Crippen LogP contribution in [-0.2, 0) is 21.2 Å². The molecule has 168 valence electrons. The summed E-state index contributed by atoms with van der Waals surface area (Å²) in [4.78, 5) is 14.9. The van der Waals surface area contributed by atoms with E-state index in [-0.39, 0.29) is 10.8 Å². The van der Waals surface area contributed by atoms with Crippen LogP contribution >= 0.6 is 0 Å². The normalized spacial score (nSPS) is 17.3. The van der Waals surface area contributed by atoms with Gasteiger partial charge in [0.2, 0.25) is 5.91 Å². The van der Waals surface area contributed by atoms with E-state index in [1.165, 1.54) is 30.4 Å². The molecule has 1 aliphatic rings. The zero-order valence-corrected chi connectivity index (χ0v) is 18.9. The Labute approximate surface area is 185 Å². The minimum absolute atomic E-state index is 0.0520. The molecule has 6 nitrogen and oxygen atoms in total. The Hall–Kier alpha value is -2.38. The maximum absolute atomic E-state index is 12.2. The average Bonchev–Trinajstić information content (AvgIpc) is 2.76. The van der Waals surface area contributed by atoms with E-state index in [9.17, 15) is 13.2 Å². The molecule has 2 aromatic rings. The molecule has 1 saturated heterocycles. The number of carbonyl (C=O) groups is 1. The maximum Gasteiger partial charge on any atom is 0.220 e. The molecule has 1 unspecified atom stereocenters. The minimum Gasteiger partial charge on any atom is -0.494 e. The second-order valence-electron chi connectivity index (χ2n) is 8.23. The molecule has 0 aromatic heterocycles. The number of carbonyl (C=O) groups excluding carboxylic acids is 1. The first-order valence-electron chi connectivity index (χ1n) is 10.9. The molecule has 1 fully saturated rings. The SMILES string of the molecule is CS(=O)(=O)c1ccc(OCCCC(=O)NCC2CCCN(Cc3ccccc3)C2)cc1. The minimum atomic E-state index is -3.20. The Kier molecular flexibility index (Phi) is 8.49. The van der Waals surface area contributed by atoms with Crippen molar-refractivity contribution in [2.24, 2.45) is 5.92 Å². The van der Waals surface area contributed by atoms with Gasteiger partial charge < -0.3 is 10.1 Å². The van der Waals surface area contributed by atoms with Crippen LogP contribution in [0.1, 0.15) is 31.2 Å². The van der Waals surface area contributed by atoms with Crippen molar-refractivity contribution in [2.75, 3.05) is 32.5 Å². The Morgan fingerprint density at radius 2 is 1.87 bits per heavy atom. The summed E-state index contributed by atoms with van der Waals surface area (Å²) in [6.07, 6.45) is 4.53. The van der Waals surface area contributed by atoms with Gasteiger partial charge >= 0.3 is 0 Å². The predicted octanol–water partition coefficient (Wildman–Crippen LogP) is 3.28. The lowest BCUT2D eigenvalue weighted by Crippen LogP contribution is -2.40. The molecule has 1 N–H and O–H groups in total. The van der Waals surface area contributed by atoms with Crippen molar-refractivity contribution in [3.8, 4) is 5.75 Å². The Balaban J connectivity index is 1.31. The van der Waals surface area contributed by atoms with E-state index in [1.807, 2.05) is 6.07 Å². The van der Waals surface area contributed by atoms with Crippen molar-refractivity contribution in [1.29, 1.82) is 0 Å². The van der Waals surface area contributed by atoms with E-state index < -0.39 is 9.84 Å². The summed E-state index contributed by atoms with van der Waals surface area (Å²) in [6, 6.07) is 16.8. The summed E-state index contributed by atoms with van der Waals surface area (Å²) < 4.78 is 28.5. The molecule has 0 saturated carbocycles. The fourth-order valence-electron chi connectivity index (χ4n) is 3.86. The van der Waals surface area contributed by atoms with Gasteiger partial charge in [-0.3, -0.25) is 9.69 Å². The topological polar surface area (TPSA) is 75.7 Å². The molecular weight excluding hydrogens is 412 g/mol. The van der Waals surface area contributed by atoms with Gasteiger partial charge in [0, 0.05) is 32.3 Å². The van der Waals surface area contributed by atoms with Crippen molar-refractivity contribution >= 4 is 15.7 Å². The number of benzene rings is 2. The maximum atomic E-state index is 12.2. The van der Waals surface area contributed by atoms with Gasteiger partial charge in [-0.05, 0) is 61.6 Å². The smallest absolute Gasteiger partial charge is 0.220 e. The second kappa shape index (κ2) is 11.3. The van der Waals surface area contributed by atoms with Crippen molar-refractivity contribution in [3.63, 3.8) is 0 Å². The van der Waals surface area contributed by atoms with Gasteiger partial charge in [0.1, 0.15) is 5.75 Å². The molecule has 1 amide bonds. The van der Waals surface area contributed by atoms with Crippen LogP contribution in [0.2, 0.25) is 0 Å². The Bertz CT molecular complexity index is 930. The summed E-state index contributed by atoms with van der Waals surface area (Å²) in [7, 11) is -3.20. The van der Waals surface area contributed by atoms with Crippen LogP contribution in [-0.4, -0.2) is 51.7 Å². The van der Waals surface area contributed by atoms with Gasteiger partial charge in [0.15, 0.2) is 9.84 Å². The zero-order chi connectivity index (χ0) is 22.1. The molecule has 31 heavy (non-hydrogen) atoms. The fraction of sp³-hybridized carbons (Fsp3) is 0.458. The monoisotopic (exact) mass is 444 g/mol. The van der Waals surface area contributed by atoms with Gasteiger partial charge in [0.05, 0.1) is 11.5 Å². The van der Waals surface area contributed by atoms with Crippen LogP contribution in [0.4, 0.5) is 0 Å². The molecule has 7 heteroatoms. The van der Waals surface area contributed by atoms with E-state index in [4.69, 9.17) is 4.74 Å². The molecule has 1 aliphatic heterocycles. The van der Waals surface area contributed by atoms with Gasteiger partial charge in [-0.15, -0.1) is 0 Å². The Morgan fingerprint density at radius 1 is 1.13 bits per heavy atom. The molecular formula is C24H32N2O4S. The van der Waals surface area contributed by atoms with Crippen molar-refractivity contribution in [3.05, 3.63) is 60.2 Å².